The minimum atomic E-state index is 0.0778. The fraction of sp³-hybridized carbons (Fsp3) is 0.300. The van der Waals surface area contributed by atoms with Crippen molar-refractivity contribution in [2.24, 2.45) is 0 Å². The van der Waals surface area contributed by atoms with Gasteiger partial charge in [0.15, 0.2) is 5.16 Å². The summed E-state index contributed by atoms with van der Waals surface area (Å²) in [7, 11) is 1.69. The van der Waals surface area contributed by atoms with Crippen LogP contribution in [0.25, 0.3) is 11.0 Å². The van der Waals surface area contributed by atoms with Crippen LogP contribution in [0.3, 0.4) is 0 Å². The van der Waals surface area contributed by atoms with Gasteiger partial charge in [-0.05, 0) is 31.2 Å². The van der Waals surface area contributed by atoms with Crippen LogP contribution in [0.4, 0.5) is 5.69 Å². The number of anilines is 1. The Morgan fingerprint density at radius 3 is 2.62 bits per heavy atom. The Bertz CT molecular complexity index is 864. The summed E-state index contributed by atoms with van der Waals surface area (Å²) in [6.45, 7) is 3.95. The predicted molar refractivity (Wildman–Crippen MR) is 107 cm³/mol. The predicted octanol–water partition coefficient (Wildman–Crippen LogP) is 3.83. The fourth-order valence-corrected chi connectivity index (χ4v) is 3.79. The molecular formula is C20H23N3O2S. The molecule has 0 unspecified atom stereocenters. The molecule has 0 aliphatic rings. The van der Waals surface area contributed by atoms with E-state index in [1.54, 1.807) is 12.0 Å². The summed E-state index contributed by atoms with van der Waals surface area (Å²) < 4.78 is 7.35. The van der Waals surface area contributed by atoms with Crippen molar-refractivity contribution in [3.8, 4) is 0 Å². The van der Waals surface area contributed by atoms with Gasteiger partial charge in [0.2, 0.25) is 5.91 Å². The number of carbonyl (C=O) groups excluding carboxylic acids is 1. The summed E-state index contributed by atoms with van der Waals surface area (Å²) in [4.78, 5) is 19.2. The van der Waals surface area contributed by atoms with Crippen LogP contribution in [0.2, 0.25) is 0 Å². The van der Waals surface area contributed by atoms with Crippen molar-refractivity contribution in [2.45, 2.75) is 18.6 Å². The van der Waals surface area contributed by atoms with Crippen LogP contribution in [-0.4, -0.2) is 41.5 Å². The maximum absolute atomic E-state index is 12.7. The van der Waals surface area contributed by atoms with Gasteiger partial charge in [0, 0.05) is 25.9 Å². The number of nitrogens with zero attached hydrogens (tertiary/aromatic N) is 3. The van der Waals surface area contributed by atoms with Crippen molar-refractivity contribution >= 4 is 34.4 Å². The van der Waals surface area contributed by atoms with E-state index >= 15 is 0 Å². The second-order valence-electron chi connectivity index (χ2n) is 5.79. The van der Waals surface area contributed by atoms with Gasteiger partial charge in [0.05, 0.1) is 23.4 Å². The first-order valence-electron chi connectivity index (χ1n) is 8.67. The monoisotopic (exact) mass is 369 g/mol. The Morgan fingerprint density at radius 1 is 1.15 bits per heavy atom. The molecule has 0 atom stereocenters. The number of benzene rings is 2. The average molecular weight is 369 g/mol. The molecule has 0 fully saturated rings. The smallest absolute Gasteiger partial charge is 0.237 e. The van der Waals surface area contributed by atoms with Gasteiger partial charge < -0.3 is 14.2 Å². The zero-order chi connectivity index (χ0) is 18.4. The molecule has 3 aromatic rings. The topological polar surface area (TPSA) is 47.4 Å². The Labute approximate surface area is 158 Å². The third kappa shape index (κ3) is 4.08. The van der Waals surface area contributed by atoms with E-state index in [1.165, 1.54) is 11.8 Å². The summed E-state index contributed by atoms with van der Waals surface area (Å²) in [5.74, 6) is 0.424. The van der Waals surface area contributed by atoms with Crippen LogP contribution in [-0.2, 0) is 16.1 Å². The van der Waals surface area contributed by atoms with Gasteiger partial charge in [0.25, 0.3) is 0 Å². The van der Waals surface area contributed by atoms with Crippen LogP contribution >= 0.6 is 11.8 Å². The van der Waals surface area contributed by atoms with Crippen molar-refractivity contribution < 1.29 is 9.53 Å². The number of imidazole rings is 1. The largest absolute Gasteiger partial charge is 0.383 e. The van der Waals surface area contributed by atoms with Gasteiger partial charge in [-0.1, -0.05) is 42.1 Å². The Kier molecular flexibility index (Phi) is 6.30. The quantitative estimate of drug-likeness (QED) is 0.566. The van der Waals surface area contributed by atoms with Crippen molar-refractivity contribution in [2.75, 3.05) is 30.9 Å². The molecule has 26 heavy (non-hydrogen) atoms. The maximum Gasteiger partial charge on any atom is 0.237 e. The second kappa shape index (κ2) is 8.87. The van der Waals surface area contributed by atoms with E-state index in [-0.39, 0.29) is 5.91 Å². The van der Waals surface area contributed by atoms with Gasteiger partial charge in [-0.15, -0.1) is 0 Å². The van der Waals surface area contributed by atoms with E-state index in [4.69, 9.17) is 9.72 Å². The first-order valence-corrected chi connectivity index (χ1v) is 9.65. The lowest BCUT2D eigenvalue weighted by Gasteiger charge is -2.20. The molecule has 6 heteroatoms. The van der Waals surface area contributed by atoms with Gasteiger partial charge in [0.1, 0.15) is 0 Å². The van der Waals surface area contributed by atoms with E-state index in [0.717, 1.165) is 21.9 Å². The zero-order valence-corrected chi connectivity index (χ0v) is 15.9. The first kappa shape index (κ1) is 18.5. The first-order chi connectivity index (χ1) is 12.7. The zero-order valence-electron chi connectivity index (χ0n) is 15.1. The van der Waals surface area contributed by atoms with Gasteiger partial charge in [-0.25, -0.2) is 4.98 Å². The molecule has 0 saturated carbocycles. The van der Waals surface area contributed by atoms with Gasteiger partial charge >= 0.3 is 0 Å². The normalized spacial score (nSPS) is 11.0. The average Bonchev–Trinajstić information content (AvgIpc) is 3.03. The second-order valence-corrected chi connectivity index (χ2v) is 6.73. The lowest BCUT2D eigenvalue weighted by molar-refractivity contribution is -0.116. The van der Waals surface area contributed by atoms with E-state index in [0.29, 0.717) is 25.4 Å². The number of hydrogen-bond acceptors (Lipinski definition) is 4. The van der Waals surface area contributed by atoms with Crippen LogP contribution in [0.15, 0.2) is 59.8 Å². The molecule has 0 saturated heterocycles. The van der Waals surface area contributed by atoms with E-state index in [9.17, 15) is 4.79 Å². The Balaban J connectivity index is 1.77. The number of methoxy groups -OCH3 is 1. The number of carbonyl (C=O) groups is 1. The van der Waals surface area contributed by atoms with Crippen LogP contribution in [0.5, 0.6) is 0 Å². The molecule has 1 heterocycles. The van der Waals surface area contributed by atoms with Crippen LogP contribution < -0.4 is 4.90 Å². The van der Waals surface area contributed by atoms with Crippen LogP contribution in [0, 0.1) is 0 Å². The lowest BCUT2D eigenvalue weighted by atomic mass is 10.3. The summed E-state index contributed by atoms with van der Waals surface area (Å²) in [6.07, 6.45) is 0. The third-order valence-electron chi connectivity index (χ3n) is 4.15. The fourth-order valence-electron chi connectivity index (χ4n) is 2.88. The van der Waals surface area contributed by atoms with E-state index < -0.39 is 0 Å². The standard InChI is InChI=1S/C20H23N3O2S/c1-3-22(16-9-5-4-6-10-16)19(24)15-26-20-21-17-11-7-8-12-18(17)23(20)13-14-25-2/h4-12H,3,13-15H2,1-2H3. The number of rotatable bonds is 8. The molecule has 1 aromatic heterocycles. The summed E-state index contributed by atoms with van der Waals surface area (Å²) in [5.41, 5.74) is 2.93. The Hall–Kier alpha value is -2.31. The highest BCUT2D eigenvalue weighted by Crippen LogP contribution is 2.25. The molecule has 1 amide bonds. The molecule has 0 N–H and O–H groups in total. The highest BCUT2D eigenvalue weighted by Gasteiger charge is 2.17. The number of thioether (sulfide) groups is 1. The van der Waals surface area contributed by atoms with Crippen molar-refractivity contribution in [3.05, 3.63) is 54.6 Å². The molecule has 136 valence electrons. The minimum Gasteiger partial charge on any atom is -0.383 e. The molecular weight excluding hydrogens is 346 g/mol. The third-order valence-corrected chi connectivity index (χ3v) is 5.11. The minimum absolute atomic E-state index is 0.0778. The number of aromatic nitrogens is 2. The van der Waals surface area contributed by atoms with Crippen LogP contribution in [0.1, 0.15) is 6.92 Å². The molecule has 0 bridgehead atoms. The molecule has 2 aromatic carbocycles. The molecule has 3 rings (SSSR count). The van der Waals surface area contributed by atoms with Crippen molar-refractivity contribution in [3.63, 3.8) is 0 Å². The highest BCUT2D eigenvalue weighted by molar-refractivity contribution is 7.99. The van der Waals surface area contributed by atoms with Crippen molar-refractivity contribution in [1.29, 1.82) is 0 Å². The molecule has 5 nitrogen and oxygen atoms in total. The van der Waals surface area contributed by atoms with E-state index in [1.807, 2.05) is 61.5 Å². The maximum atomic E-state index is 12.7. The number of amides is 1. The Morgan fingerprint density at radius 2 is 1.88 bits per heavy atom. The summed E-state index contributed by atoms with van der Waals surface area (Å²) in [6, 6.07) is 17.8. The summed E-state index contributed by atoms with van der Waals surface area (Å²) >= 11 is 1.47. The molecule has 0 aliphatic heterocycles. The number of para-hydroxylation sites is 3. The number of fused-ring (bicyclic) bond motifs is 1. The molecule has 0 radical (unpaired) electrons. The lowest BCUT2D eigenvalue weighted by Crippen LogP contribution is -2.32. The number of hydrogen-bond donors (Lipinski definition) is 0. The SMILES string of the molecule is CCN(C(=O)CSc1nc2ccccc2n1CCOC)c1ccccc1. The summed E-state index contributed by atoms with van der Waals surface area (Å²) in [5, 5.41) is 0.848. The molecule has 0 aliphatic carbocycles. The van der Waals surface area contributed by atoms with Gasteiger partial charge in [-0.2, -0.15) is 0 Å². The van der Waals surface area contributed by atoms with Gasteiger partial charge in [-0.3, -0.25) is 4.79 Å². The van der Waals surface area contributed by atoms with E-state index in [2.05, 4.69) is 4.57 Å². The number of ether oxygens (including phenoxy) is 1. The van der Waals surface area contributed by atoms with Crippen molar-refractivity contribution in [1.82, 2.24) is 9.55 Å². The highest BCUT2D eigenvalue weighted by atomic mass is 32.2. The molecule has 0 spiro atoms.